The van der Waals surface area contributed by atoms with E-state index in [0.717, 1.165) is 0 Å². The van der Waals surface area contributed by atoms with Crippen LogP contribution < -0.4 is 0 Å². The summed E-state index contributed by atoms with van der Waals surface area (Å²) < 4.78 is 3.06. The Morgan fingerprint density at radius 3 is 0.844 bits per heavy atom. The smallest absolute Gasteiger partial charge is 0.127 e. The second-order valence-electron chi connectivity index (χ2n) is 10.6. The Morgan fingerprint density at radius 1 is 0.344 bits per heavy atom. The molecule has 0 aliphatic rings. The third-order valence-corrected chi connectivity index (χ3v) is 13.9. The van der Waals surface area contributed by atoms with Crippen molar-refractivity contribution < 1.29 is 0 Å². The molecular formula is C30H65NSi. The van der Waals surface area contributed by atoms with Gasteiger partial charge in [0, 0.05) is 0 Å². The van der Waals surface area contributed by atoms with Crippen LogP contribution in [0.3, 0.4) is 0 Å². The molecule has 2 heteroatoms. The highest BCUT2D eigenvalue weighted by molar-refractivity contribution is 6.77. The van der Waals surface area contributed by atoms with Gasteiger partial charge in [0.2, 0.25) is 0 Å². The van der Waals surface area contributed by atoms with Crippen molar-refractivity contribution in [3.63, 3.8) is 0 Å². The topological polar surface area (TPSA) is 3.24 Å². The summed E-state index contributed by atoms with van der Waals surface area (Å²) in [5.41, 5.74) is 0. The molecule has 0 atom stereocenters. The Balaban J connectivity index is 4.05. The normalized spacial score (nSPS) is 12.2. The van der Waals surface area contributed by atoms with Crippen molar-refractivity contribution in [2.75, 3.05) is 13.1 Å². The minimum atomic E-state index is -1.20. The van der Waals surface area contributed by atoms with E-state index in [-0.39, 0.29) is 0 Å². The number of unbranched alkanes of at least 4 members (excludes halogenated alkanes) is 18. The van der Waals surface area contributed by atoms with E-state index in [1.54, 1.807) is 0 Å². The van der Waals surface area contributed by atoms with Crippen LogP contribution in [0.4, 0.5) is 0 Å². The molecule has 0 saturated heterocycles. The van der Waals surface area contributed by atoms with Gasteiger partial charge >= 0.3 is 0 Å². The lowest BCUT2D eigenvalue weighted by Crippen LogP contribution is -2.52. The Labute approximate surface area is 207 Å². The largest absolute Gasteiger partial charge is 0.323 e. The molecule has 0 aliphatic heterocycles. The summed E-state index contributed by atoms with van der Waals surface area (Å²) in [6, 6.07) is 4.36. The first-order valence-electron chi connectivity index (χ1n) is 15.5. The molecule has 0 heterocycles. The zero-order valence-corrected chi connectivity index (χ0v) is 24.6. The van der Waals surface area contributed by atoms with Crippen molar-refractivity contribution in [1.82, 2.24) is 4.57 Å². The summed E-state index contributed by atoms with van der Waals surface area (Å²) in [6.07, 6.45) is 29.1. The molecule has 0 N–H and O–H groups in total. The van der Waals surface area contributed by atoms with Crippen molar-refractivity contribution in [1.29, 1.82) is 0 Å². The lowest BCUT2D eigenvalue weighted by Gasteiger charge is -2.41. The summed E-state index contributed by atoms with van der Waals surface area (Å²) in [5.74, 6) is 0. The average Bonchev–Trinajstić information content (AvgIpc) is 2.82. The summed E-state index contributed by atoms with van der Waals surface area (Å²) in [7, 11) is -1.20. The standard InChI is InChI=1S/C30H65NSi/c1-6-11-13-15-17-19-21-23-25-27-29-31(32(8-3,9-4)10-5)30-28-26-24-22-20-18-16-14-12-7-2/h6-30H2,1-5H3. The monoisotopic (exact) mass is 467 g/mol. The van der Waals surface area contributed by atoms with Crippen molar-refractivity contribution in [2.45, 2.75) is 181 Å². The third-order valence-electron chi connectivity index (χ3n) is 8.21. The molecule has 0 saturated carbocycles. The average molecular weight is 468 g/mol. The number of hydrogen-bond acceptors (Lipinski definition) is 1. The fourth-order valence-corrected chi connectivity index (χ4v) is 9.69. The molecule has 0 radical (unpaired) electrons. The van der Waals surface area contributed by atoms with Gasteiger partial charge in [-0.25, -0.2) is 0 Å². The van der Waals surface area contributed by atoms with Crippen LogP contribution in [0.1, 0.15) is 163 Å². The van der Waals surface area contributed by atoms with Crippen LogP contribution >= 0.6 is 0 Å². The minimum absolute atomic E-state index is 1.20. The van der Waals surface area contributed by atoms with Crippen LogP contribution in [-0.4, -0.2) is 25.9 Å². The van der Waals surface area contributed by atoms with Crippen LogP contribution in [0.5, 0.6) is 0 Å². The number of hydrogen-bond donors (Lipinski definition) is 0. The van der Waals surface area contributed by atoms with Gasteiger partial charge in [0.15, 0.2) is 0 Å². The molecule has 0 aromatic carbocycles. The second-order valence-corrected chi connectivity index (χ2v) is 15.8. The molecule has 0 amide bonds. The predicted octanol–water partition coefficient (Wildman–Crippen LogP) is 11.1. The van der Waals surface area contributed by atoms with Gasteiger partial charge in [-0.1, -0.05) is 150 Å². The predicted molar refractivity (Wildman–Crippen MR) is 152 cm³/mol. The highest BCUT2D eigenvalue weighted by atomic mass is 28.3. The van der Waals surface area contributed by atoms with Crippen LogP contribution in [0, 0.1) is 0 Å². The molecule has 0 unspecified atom stereocenters. The van der Waals surface area contributed by atoms with Gasteiger partial charge in [-0.2, -0.15) is 0 Å². The molecule has 32 heavy (non-hydrogen) atoms. The van der Waals surface area contributed by atoms with E-state index >= 15 is 0 Å². The Kier molecular flexibility index (Phi) is 24.4. The number of rotatable bonds is 26. The van der Waals surface area contributed by atoms with E-state index in [1.807, 2.05) is 0 Å². The molecule has 0 aromatic heterocycles. The first-order valence-corrected chi connectivity index (χ1v) is 18.0. The maximum atomic E-state index is 3.06. The van der Waals surface area contributed by atoms with E-state index in [0.29, 0.717) is 0 Å². The molecular weight excluding hydrogens is 402 g/mol. The van der Waals surface area contributed by atoms with E-state index in [2.05, 4.69) is 39.2 Å². The highest BCUT2D eigenvalue weighted by Crippen LogP contribution is 2.26. The first kappa shape index (κ1) is 32.2. The Bertz CT molecular complexity index is 320. The van der Waals surface area contributed by atoms with Gasteiger partial charge in [0.1, 0.15) is 8.24 Å². The SMILES string of the molecule is CCCCCCCCCCCCN(CCCCCCCCCCCC)[Si](CC)(CC)CC. The van der Waals surface area contributed by atoms with E-state index in [4.69, 9.17) is 0 Å². The van der Waals surface area contributed by atoms with Crippen LogP contribution in [0.15, 0.2) is 0 Å². The van der Waals surface area contributed by atoms with Crippen molar-refractivity contribution in [3.05, 3.63) is 0 Å². The van der Waals surface area contributed by atoms with Crippen molar-refractivity contribution >= 4 is 8.24 Å². The van der Waals surface area contributed by atoms with Gasteiger partial charge in [-0.3, -0.25) is 0 Å². The summed E-state index contributed by atoms with van der Waals surface area (Å²) >= 11 is 0. The molecule has 194 valence electrons. The first-order chi connectivity index (χ1) is 15.7. The Hall–Kier alpha value is 0.177. The fraction of sp³-hybridized carbons (Fsp3) is 1.00. The zero-order valence-electron chi connectivity index (χ0n) is 23.6. The second kappa shape index (κ2) is 24.3. The van der Waals surface area contributed by atoms with E-state index in [9.17, 15) is 0 Å². The zero-order chi connectivity index (χ0) is 23.8. The van der Waals surface area contributed by atoms with Gasteiger partial charge in [0.25, 0.3) is 0 Å². The van der Waals surface area contributed by atoms with Gasteiger partial charge < -0.3 is 4.57 Å². The third kappa shape index (κ3) is 16.7. The Morgan fingerprint density at radius 2 is 0.594 bits per heavy atom. The minimum Gasteiger partial charge on any atom is -0.323 e. The molecule has 0 rings (SSSR count). The van der Waals surface area contributed by atoms with Crippen LogP contribution in [0.25, 0.3) is 0 Å². The molecule has 1 nitrogen and oxygen atoms in total. The number of nitrogens with zero attached hydrogens (tertiary/aromatic N) is 1. The quantitative estimate of drug-likeness (QED) is 0.0902. The van der Waals surface area contributed by atoms with E-state index in [1.165, 1.54) is 160 Å². The highest BCUT2D eigenvalue weighted by Gasteiger charge is 2.33. The molecule has 0 aromatic rings. The van der Waals surface area contributed by atoms with Crippen LogP contribution in [0.2, 0.25) is 18.1 Å². The molecule has 0 fully saturated rings. The van der Waals surface area contributed by atoms with Gasteiger partial charge in [-0.05, 0) is 44.1 Å². The molecule has 0 bridgehead atoms. The summed E-state index contributed by atoms with van der Waals surface area (Å²) in [5, 5.41) is 0. The van der Waals surface area contributed by atoms with Crippen molar-refractivity contribution in [3.8, 4) is 0 Å². The van der Waals surface area contributed by atoms with Crippen molar-refractivity contribution in [2.24, 2.45) is 0 Å². The summed E-state index contributed by atoms with van der Waals surface area (Å²) in [6.45, 7) is 14.9. The lowest BCUT2D eigenvalue weighted by molar-refractivity contribution is 0.378. The summed E-state index contributed by atoms with van der Waals surface area (Å²) in [4.78, 5) is 0. The van der Waals surface area contributed by atoms with Gasteiger partial charge in [-0.15, -0.1) is 0 Å². The molecule has 0 aliphatic carbocycles. The fourth-order valence-electron chi connectivity index (χ4n) is 5.59. The van der Waals surface area contributed by atoms with Crippen LogP contribution in [-0.2, 0) is 0 Å². The lowest BCUT2D eigenvalue weighted by atomic mass is 10.1. The molecule has 0 spiro atoms. The maximum Gasteiger partial charge on any atom is 0.127 e. The van der Waals surface area contributed by atoms with Gasteiger partial charge in [0.05, 0.1) is 0 Å². The maximum absolute atomic E-state index is 3.06. The van der Waals surface area contributed by atoms with E-state index < -0.39 is 8.24 Å².